The molecule has 0 saturated carbocycles. The van der Waals surface area contributed by atoms with Crippen LogP contribution in [0.1, 0.15) is 30.6 Å². The van der Waals surface area contributed by atoms with Crippen molar-refractivity contribution in [2.24, 2.45) is 0 Å². The Morgan fingerprint density at radius 3 is 2.30 bits per heavy atom. The van der Waals surface area contributed by atoms with E-state index in [1.165, 1.54) is 6.92 Å². The van der Waals surface area contributed by atoms with Crippen LogP contribution in [0.25, 0.3) is 0 Å². The maximum atomic E-state index is 11.9. The molecule has 0 heterocycles. The molecule has 0 unspecified atom stereocenters. The zero-order chi connectivity index (χ0) is 17.5. The van der Waals surface area contributed by atoms with Crippen LogP contribution in [0.4, 0.5) is 0 Å². The van der Waals surface area contributed by atoms with Crippen LogP contribution in [0.5, 0.6) is 5.75 Å². The van der Waals surface area contributed by atoms with Gasteiger partial charge in [-0.2, -0.15) is 0 Å². The Hall–Kier alpha value is -1.93. The molecule has 1 amide bonds. The van der Waals surface area contributed by atoms with E-state index in [0.29, 0.717) is 24.3 Å². The Morgan fingerprint density at radius 1 is 1.17 bits per heavy atom. The second-order valence-corrected chi connectivity index (χ2v) is 6.98. The van der Waals surface area contributed by atoms with E-state index < -0.39 is 16.1 Å². The van der Waals surface area contributed by atoms with Crippen molar-refractivity contribution >= 4 is 21.7 Å². The summed E-state index contributed by atoms with van der Waals surface area (Å²) in [5.41, 5.74) is 0.577. The topological polar surface area (TPSA) is 102 Å². The van der Waals surface area contributed by atoms with E-state index in [4.69, 9.17) is 4.74 Å². The van der Waals surface area contributed by atoms with Crippen molar-refractivity contribution in [1.29, 1.82) is 0 Å². The summed E-state index contributed by atoms with van der Waals surface area (Å²) in [6.45, 7) is 3.70. The van der Waals surface area contributed by atoms with Crippen molar-refractivity contribution in [3.05, 3.63) is 29.8 Å². The molecule has 0 saturated heterocycles. The highest BCUT2D eigenvalue weighted by Crippen LogP contribution is 2.14. The lowest BCUT2D eigenvalue weighted by Crippen LogP contribution is -2.37. The van der Waals surface area contributed by atoms with E-state index >= 15 is 0 Å². The Morgan fingerprint density at radius 2 is 1.78 bits per heavy atom. The second kappa shape index (κ2) is 8.64. The number of ketones is 1. The van der Waals surface area contributed by atoms with Gasteiger partial charge in [0.05, 0.1) is 6.26 Å². The number of nitrogens with one attached hydrogen (secondary N) is 2. The molecule has 0 aliphatic rings. The Labute approximate surface area is 136 Å². The van der Waals surface area contributed by atoms with Gasteiger partial charge < -0.3 is 10.1 Å². The number of carbonyl (C=O) groups excluding carboxylic acids is 2. The van der Waals surface area contributed by atoms with Gasteiger partial charge in [0.1, 0.15) is 5.75 Å². The predicted octanol–water partition coefficient (Wildman–Crippen LogP) is 0.712. The number of carbonyl (C=O) groups is 2. The van der Waals surface area contributed by atoms with Crippen molar-refractivity contribution in [3.8, 4) is 5.75 Å². The highest BCUT2D eigenvalue weighted by atomic mass is 32.2. The molecule has 1 rings (SSSR count). The Bertz CT molecular complexity index is 640. The normalized spacial score (nSPS) is 12.5. The molecule has 0 bridgehead atoms. The van der Waals surface area contributed by atoms with E-state index in [1.54, 1.807) is 31.2 Å². The summed E-state index contributed by atoms with van der Waals surface area (Å²) in [6, 6.07) is 6.55. The molecular weight excluding hydrogens is 320 g/mol. The van der Waals surface area contributed by atoms with Gasteiger partial charge in [-0.1, -0.05) is 0 Å². The second-order valence-electron chi connectivity index (χ2n) is 5.15. The summed E-state index contributed by atoms with van der Waals surface area (Å²) < 4.78 is 29.6. The van der Waals surface area contributed by atoms with E-state index in [1.807, 2.05) is 0 Å². The summed E-state index contributed by atoms with van der Waals surface area (Å²) in [5, 5.41) is 2.67. The molecule has 0 aromatic heterocycles. The van der Waals surface area contributed by atoms with Gasteiger partial charge in [0.15, 0.2) is 11.9 Å². The third-order valence-corrected chi connectivity index (χ3v) is 3.69. The molecule has 2 N–H and O–H groups in total. The van der Waals surface area contributed by atoms with Crippen molar-refractivity contribution in [2.45, 2.75) is 26.4 Å². The van der Waals surface area contributed by atoms with Gasteiger partial charge in [-0.3, -0.25) is 9.59 Å². The summed E-state index contributed by atoms with van der Waals surface area (Å²) in [4.78, 5) is 23.0. The van der Waals surface area contributed by atoms with Crippen molar-refractivity contribution < 1.29 is 22.7 Å². The number of hydrogen-bond donors (Lipinski definition) is 2. The van der Waals surface area contributed by atoms with Crippen LogP contribution in [0.2, 0.25) is 0 Å². The van der Waals surface area contributed by atoms with E-state index in [9.17, 15) is 18.0 Å². The lowest BCUT2D eigenvalue weighted by Gasteiger charge is -2.15. The molecule has 8 heteroatoms. The number of hydrogen-bond acceptors (Lipinski definition) is 5. The van der Waals surface area contributed by atoms with Gasteiger partial charge in [-0.05, 0) is 44.5 Å². The maximum absolute atomic E-state index is 11.9. The first-order chi connectivity index (χ1) is 10.7. The molecule has 0 radical (unpaired) electrons. The fourth-order valence-corrected chi connectivity index (χ4v) is 2.24. The van der Waals surface area contributed by atoms with Gasteiger partial charge in [0.25, 0.3) is 5.91 Å². The lowest BCUT2D eigenvalue weighted by atomic mass is 10.1. The molecule has 0 aliphatic heterocycles. The van der Waals surface area contributed by atoms with Crippen molar-refractivity contribution in [3.63, 3.8) is 0 Å². The molecule has 0 fully saturated rings. The third kappa shape index (κ3) is 7.75. The zero-order valence-electron chi connectivity index (χ0n) is 13.5. The first-order valence-electron chi connectivity index (χ1n) is 7.19. The van der Waals surface area contributed by atoms with Gasteiger partial charge >= 0.3 is 0 Å². The minimum absolute atomic E-state index is 0.0370. The van der Waals surface area contributed by atoms with Crippen LogP contribution in [0.3, 0.4) is 0 Å². The SMILES string of the molecule is CC(=O)c1ccc(O[C@@H](C)C(=O)NCCCNS(C)(=O)=O)cc1. The summed E-state index contributed by atoms with van der Waals surface area (Å²) in [7, 11) is -3.20. The number of sulfonamides is 1. The molecule has 23 heavy (non-hydrogen) atoms. The van der Waals surface area contributed by atoms with Crippen LogP contribution in [-0.4, -0.2) is 45.6 Å². The van der Waals surface area contributed by atoms with Crippen LogP contribution in [0.15, 0.2) is 24.3 Å². The van der Waals surface area contributed by atoms with Gasteiger partial charge in [0, 0.05) is 18.7 Å². The fourth-order valence-electron chi connectivity index (χ4n) is 1.73. The number of benzene rings is 1. The molecule has 7 nitrogen and oxygen atoms in total. The van der Waals surface area contributed by atoms with E-state index in [-0.39, 0.29) is 18.2 Å². The summed E-state index contributed by atoms with van der Waals surface area (Å²) >= 11 is 0. The fraction of sp³-hybridized carbons (Fsp3) is 0.467. The van der Waals surface area contributed by atoms with Gasteiger partial charge in [-0.15, -0.1) is 0 Å². The van der Waals surface area contributed by atoms with Crippen LogP contribution in [0, 0.1) is 0 Å². The molecule has 1 aromatic carbocycles. The highest BCUT2D eigenvalue weighted by molar-refractivity contribution is 7.88. The van der Waals surface area contributed by atoms with Crippen LogP contribution in [-0.2, 0) is 14.8 Å². The molecule has 1 aromatic rings. The molecule has 0 spiro atoms. The van der Waals surface area contributed by atoms with Crippen LogP contribution < -0.4 is 14.8 Å². The molecule has 0 aliphatic carbocycles. The van der Waals surface area contributed by atoms with Crippen LogP contribution >= 0.6 is 0 Å². The molecular formula is C15H22N2O5S. The molecule has 1 atom stereocenters. The van der Waals surface area contributed by atoms with Crippen molar-refractivity contribution in [1.82, 2.24) is 10.0 Å². The monoisotopic (exact) mass is 342 g/mol. The number of ether oxygens (including phenoxy) is 1. The summed E-state index contributed by atoms with van der Waals surface area (Å²) in [6.07, 6.45) is 0.874. The Balaban J connectivity index is 2.34. The maximum Gasteiger partial charge on any atom is 0.260 e. The minimum Gasteiger partial charge on any atom is -0.481 e. The van der Waals surface area contributed by atoms with E-state index in [2.05, 4.69) is 10.0 Å². The third-order valence-electron chi connectivity index (χ3n) is 2.96. The smallest absolute Gasteiger partial charge is 0.260 e. The average Bonchev–Trinajstić information content (AvgIpc) is 2.46. The van der Waals surface area contributed by atoms with Crippen molar-refractivity contribution in [2.75, 3.05) is 19.3 Å². The van der Waals surface area contributed by atoms with E-state index in [0.717, 1.165) is 6.26 Å². The van der Waals surface area contributed by atoms with Gasteiger partial charge in [0.2, 0.25) is 10.0 Å². The quantitative estimate of drug-likeness (QED) is 0.508. The minimum atomic E-state index is -3.20. The largest absolute Gasteiger partial charge is 0.481 e. The Kier molecular flexibility index (Phi) is 7.18. The first kappa shape index (κ1) is 19.1. The predicted molar refractivity (Wildman–Crippen MR) is 87.0 cm³/mol. The average molecular weight is 342 g/mol. The lowest BCUT2D eigenvalue weighted by molar-refractivity contribution is -0.127. The summed E-state index contributed by atoms with van der Waals surface area (Å²) in [5.74, 6) is 0.168. The first-order valence-corrected chi connectivity index (χ1v) is 9.08. The number of rotatable bonds is 9. The van der Waals surface area contributed by atoms with Gasteiger partial charge in [-0.25, -0.2) is 13.1 Å². The molecule has 128 valence electrons. The zero-order valence-corrected chi connectivity index (χ0v) is 14.3. The number of Topliss-reactive ketones (excluding diaryl/α,β-unsaturated/α-hetero) is 1. The number of amides is 1. The standard InChI is InChI=1S/C15H22N2O5S/c1-11(18)13-5-7-14(8-6-13)22-12(2)15(19)16-9-4-10-17-23(3,20)21/h5-8,12,17H,4,9-10H2,1-3H3,(H,16,19)/t12-/m0/s1. The highest BCUT2D eigenvalue weighted by Gasteiger charge is 2.14.